The number of aromatic nitrogens is 2. The molecule has 0 aromatic carbocycles. The van der Waals surface area contributed by atoms with Gasteiger partial charge in [-0.05, 0) is 25.7 Å². The van der Waals surface area contributed by atoms with Crippen molar-refractivity contribution in [2.24, 2.45) is 10.8 Å². The van der Waals surface area contributed by atoms with E-state index >= 15 is 0 Å². The number of carbonyl (C=O) groups excluding carboxylic acids is 1. The van der Waals surface area contributed by atoms with Gasteiger partial charge in [0.05, 0.1) is 5.92 Å². The van der Waals surface area contributed by atoms with Crippen LogP contribution in [0.1, 0.15) is 82.3 Å². The molecular formula is C20H31N3O3. The number of rotatable bonds is 4. The molecule has 4 rings (SSSR count). The van der Waals surface area contributed by atoms with Crippen LogP contribution in [0, 0.1) is 10.8 Å². The predicted molar refractivity (Wildman–Crippen MR) is 96.4 cm³/mol. The summed E-state index contributed by atoms with van der Waals surface area (Å²) >= 11 is 0. The van der Waals surface area contributed by atoms with Crippen LogP contribution in [-0.4, -0.2) is 41.1 Å². The van der Waals surface area contributed by atoms with E-state index < -0.39 is 0 Å². The minimum absolute atomic E-state index is 0.123. The smallest absolute Gasteiger partial charge is 0.232 e. The first-order chi connectivity index (χ1) is 12.6. The molecule has 1 atom stereocenters. The van der Waals surface area contributed by atoms with E-state index in [0.717, 1.165) is 38.8 Å². The summed E-state index contributed by atoms with van der Waals surface area (Å²) in [5, 5.41) is 4.06. The second kappa shape index (κ2) is 6.95. The standard InChI is InChI=1S/C20H31N3O3/c1-19(8-4-3-5-9-19)18(24)23-12-15(20(14-23)10-6-7-11-20)17-21-16(13-25-2)22-26-17/h15H,3-14H2,1-2H3. The van der Waals surface area contributed by atoms with E-state index in [1.54, 1.807) is 7.11 Å². The molecule has 1 amide bonds. The van der Waals surface area contributed by atoms with Crippen LogP contribution in [0.25, 0.3) is 0 Å². The van der Waals surface area contributed by atoms with E-state index in [1.165, 1.54) is 32.1 Å². The van der Waals surface area contributed by atoms with Crippen molar-refractivity contribution in [1.82, 2.24) is 15.0 Å². The van der Waals surface area contributed by atoms with Gasteiger partial charge < -0.3 is 14.2 Å². The molecule has 1 unspecified atom stereocenters. The monoisotopic (exact) mass is 361 g/mol. The SMILES string of the molecule is COCc1noc(C2CN(C(=O)C3(C)CCCCC3)CC23CCCC3)n1. The molecular weight excluding hydrogens is 330 g/mol. The van der Waals surface area contributed by atoms with Crippen LogP contribution in [0.4, 0.5) is 0 Å². The summed E-state index contributed by atoms with van der Waals surface area (Å²) in [4.78, 5) is 20.1. The number of likely N-dealkylation sites (tertiary alicyclic amines) is 1. The van der Waals surface area contributed by atoms with Gasteiger partial charge in [-0.3, -0.25) is 4.79 Å². The Hall–Kier alpha value is -1.43. The van der Waals surface area contributed by atoms with Crippen LogP contribution in [-0.2, 0) is 16.1 Å². The van der Waals surface area contributed by atoms with Crippen LogP contribution in [0.2, 0.25) is 0 Å². The predicted octanol–water partition coefficient (Wildman–Crippen LogP) is 3.67. The lowest BCUT2D eigenvalue weighted by Crippen LogP contribution is -2.43. The number of hydrogen-bond donors (Lipinski definition) is 0. The highest BCUT2D eigenvalue weighted by atomic mass is 16.5. The minimum atomic E-state index is -0.178. The van der Waals surface area contributed by atoms with Crippen molar-refractivity contribution < 1.29 is 14.1 Å². The van der Waals surface area contributed by atoms with Crippen molar-refractivity contribution in [2.75, 3.05) is 20.2 Å². The van der Waals surface area contributed by atoms with Gasteiger partial charge in [0.2, 0.25) is 11.8 Å². The Morgan fingerprint density at radius 3 is 2.58 bits per heavy atom. The summed E-state index contributed by atoms with van der Waals surface area (Å²) in [6.07, 6.45) is 10.4. The summed E-state index contributed by atoms with van der Waals surface area (Å²) in [5.74, 6) is 1.81. The average Bonchev–Trinajstić information content (AvgIpc) is 3.37. The number of methoxy groups -OCH3 is 1. The van der Waals surface area contributed by atoms with E-state index in [4.69, 9.17) is 9.26 Å². The van der Waals surface area contributed by atoms with Crippen molar-refractivity contribution >= 4 is 5.91 Å². The maximum Gasteiger partial charge on any atom is 0.232 e. The molecule has 2 aliphatic carbocycles. The Morgan fingerprint density at radius 1 is 1.19 bits per heavy atom. The zero-order chi connectivity index (χ0) is 18.2. The van der Waals surface area contributed by atoms with Gasteiger partial charge in [0, 0.05) is 31.0 Å². The molecule has 26 heavy (non-hydrogen) atoms. The van der Waals surface area contributed by atoms with E-state index in [9.17, 15) is 4.79 Å². The van der Waals surface area contributed by atoms with Gasteiger partial charge in [0.1, 0.15) is 6.61 Å². The summed E-state index contributed by atoms with van der Waals surface area (Å²) in [6.45, 7) is 4.12. The highest BCUT2D eigenvalue weighted by Crippen LogP contribution is 2.54. The van der Waals surface area contributed by atoms with Gasteiger partial charge in [0.15, 0.2) is 5.82 Å². The van der Waals surface area contributed by atoms with Crippen LogP contribution >= 0.6 is 0 Å². The highest BCUT2D eigenvalue weighted by molar-refractivity contribution is 5.83. The third-order valence-corrected chi connectivity index (χ3v) is 7.06. The van der Waals surface area contributed by atoms with Gasteiger partial charge in [0.25, 0.3) is 0 Å². The number of hydrogen-bond acceptors (Lipinski definition) is 5. The molecule has 3 aliphatic rings. The van der Waals surface area contributed by atoms with E-state index in [0.29, 0.717) is 24.2 Å². The van der Waals surface area contributed by atoms with Gasteiger partial charge in [-0.1, -0.05) is 44.2 Å². The van der Waals surface area contributed by atoms with Crippen LogP contribution in [0.15, 0.2) is 4.52 Å². The zero-order valence-electron chi connectivity index (χ0n) is 16.1. The second-order valence-electron chi connectivity index (χ2n) is 8.91. The number of carbonyl (C=O) groups is 1. The summed E-state index contributed by atoms with van der Waals surface area (Å²) < 4.78 is 10.7. The molecule has 1 aromatic heterocycles. The molecule has 1 spiro atoms. The molecule has 144 valence electrons. The maximum absolute atomic E-state index is 13.4. The molecule has 1 aromatic rings. The van der Waals surface area contributed by atoms with Crippen LogP contribution in [0.5, 0.6) is 0 Å². The molecule has 0 N–H and O–H groups in total. The Bertz CT molecular complexity index is 644. The van der Waals surface area contributed by atoms with Gasteiger partial charge >= 0.3 is 0 Å². The number of amides is 1. The van der Waals surface area contributed by atoms with E-state index in [-0.39, 0.29) is 16.7 Å². The zero-order valence-corrected chi connectivity index (χ0v) is 16.1. The van der Waals surface area contributed by atoms with Crippen molar-refractivity contribution in [3.05, 3.63) is 11.7 Å². The summed E-state index contributed by atoms with van der Waals surface area (Å²) in [5.41, 5.74) is -0.0550. The third kappa shape index (κ3) is 3.06. The first-order valence-electron chi connectivity index (χ1n) is 10.2. The van der Waals surface area contributed by atoms with E-state index in [1.807, 2.05) is 0 Å². The second-order valence-corrected chi connectivity index (χ2v) is 8.91. The molecule has 3 fully saturated rings. The van der Waals surface area contributed by atoms with Crippen molar-refractivity contribution in [3.63, 3.8) is 0 Å². The van der Waals surface area contributed by atoms with Gasteiger partial charge in [-0.2, -0.15) is 4.98 Å². The third-order valence-electron chi connectivity index (χ3n) is 7.06. The molecule has 0 bridgehead atoms. The van der Waals surface area contributed by atoms with Crippen LogP contribution in [0.3, 0.4) is 0 Å². The lowest BCUT2D eigenvalue weighted by molar-refractivity contribution is -0.142. The quantitative estimate of drug-likeness (QED) is 0.818. The summed E-state index contributed by atoms with van der Waals surface area (Å²) in [7, 11) is 1.63. The molecule has 2 heterocycles. The number of nitrogens with zero attached hydrogens (tertiary/aromatic N) is 3. The van der Waals surface area contributed by atoms with Crippen molar-refractivity contribution in [1.29, 1.82) is 0 Å². The fourth-order valence-electron chi connectivity index (χ4n) is 5.57. The Labute approximate surface area is 155 Å². The largest absolute Gasteiger partial charge is 0.377 e. The fourth-order valence-corrected chi connectivity index (χ4v) is 5.57. The Kier molecular flexibility index (Phi) is 4.80. The molecule has 6 heteroatoms. The van der Waals surface area contributed by atoms with E-state index in [2.05, 4.69) is 22.0 Å². The first-order valence-corrected chi connectivity index (χ1v) is 10.2. The Balaban J connectivity index is 1.57. The van der Waals surface area contributed by atoms with Gasteiger partial charge in [-0.25, -0.2) is 0 Å². The molecule has 1 saturated heterocycles. The first kappa shape index (κ1) is 18.0. The maximum atomic E-state index is 13.4. The average molecular weight is 361 g/mol. The normalized spacial score (nSPS) is 27.3. The lowest BCUT2D eigenvalue weighted by Gasteiger charge is -2.36. The summed E-state index contributed by atoms with van der Waals surface area (Å²) in [6, 6.07) is 0. The molecule has 6 nitrogen and oxygen atoms in total. The van der Waals surface area contributed by atoms with Crippen LogP contribution < -0.4 is 0 Å². The number of ether oxygens (including phenoxy) is 1. The topological polar surface area (TPSA) is 68.5 Å². The molecule has 2 saturated carbocycles. The Morgan fingerprint density at radius 2 is 1.88 bits per heavy atom. The lowest BCUT2D eigenvalue weighted by atomic mass is 9.74. The minimum Gasteiger partial charge on any atom is -0.377 e. The van der Waals surface area contributed by atoms with Gasteiger partial charge in [-0.15, -0.1) is 0 Å². The molecule has 1 aliphatic heterocycles. The van der Waals surface area contributed by atoms with Crippen molar-refractivity contribution in [2.45, 2.75) is 77.2 Å². The fraction of sp³-hybridized carbons (Fsp3) is 0.850. The highest BCUT2D eigenvalue weighted by Gasteiger charge is 2.54. The molecule has 0 radical (unpaired) electrons. The van der Waals surface area contributed by atoms with Crippen molar-refractivity contribution in [3.8, 4) is 0 Å².